The quantitative estimate of drug-likeness (QED) is 0.812. The Labute approximate surface area is 103 Å². The van der Waals surface area contributed by atoms with Crippen LogP contribution in [-0.2, 0) is 6.54 Å². The van der Waals surface area contributed by atoms with Gasteiger partial charge in [-0.05, 0) is 25.4 Å². The molecule has 0 unspecified atom stereocenters. The Hall–Kier alpha value is -1.76. The Morgan fingerprint density at radius 2 is 2.41 bits per heavy atom. The van der Waals surface area contributed by atoms with Crippen molar-refractivity contribution >= 4 is 22.3 Å². The van der Waals surface area contributed by atoms with Gasteiger partial charge in [-0.25, -0.2) is 0 Å². The average molecular weight is 251 g/mol. The van der Waals surface area contributed by atoms with E-state index in [1.54, 1.807) is 24.0 Å². The van der Waals surface area contributed by atoms with Gasteiger partial charge in [0.25, 0.3) is 0 Å². The molecular formula is C10H13N5OS. The van der Waals surface area contributed by atoms with Gasteiger partial charge in [-0.15, -0.1) is 5.10 Å². The molecule has 2 aromatic rings. The second-order valence-corrected chi connectivity index (χ2v) is 4.39. The highest BCUT2D eigenvalue weighted by atomic mass is 32.1. The fraction of sp³-hybridized carbons (Fsp3) is 0.400. The number of hydrogen-bond donors (Lipinski definition) is 1. The Morgan fingerprint density at radius 3 is 3.06 bits per heavy atom. The molecule has 6 nitrogen and oxygen atoms in total. The van der Waals surface area contributed by atoms with E-state index >= 15 is 0 Å². The maximum atomic E-state index is 11.4. The zero-order valence-electron chi connectivity index (χ0n) is 9.67. The summed E-state index contributed by atoms with van der Waals surface area (Å²) in [5.74, 6) is 0.0412. The fourth-order valence-electron chi connectivity index (χ4n) is 1.54. The van der Waals surface area contributed by atoms with Crippen LogP contribution in [0, 0.1) is 6.92 Å². The number of aromatic nitrogens is 4. The molecule has 0 saturated heterocycles. The van der Waals surface area contributed by atoms with Crippen molar-refractivity contribution in [3.8, 4) is 0 Å². The molecule has 0 bridgehead atoms. The molecule has 2 heterocycles. The zero-order chi connectivity index (χ0) is 12.3. The Kier molecular flexibility index (Phi) is 3.48. The van der Waals surface area contributed by atoms with Crippen LogP contribution in [0.4, 0.5) is 5.00 Å². The van der Waals surface area contributed by atoms with E-state index in [4.69, 9.17) is 0 Å². The third-order valence-electron chi connectivity index (χ3n) is 2.31. The van der Waals surface area contributed by atoms with E-state index in [9.17, 15) is 4.79 Å². The van der Waals surface area contributed by atoms with Gasteiger partial charge in [-0.2, -0.15) is 4.37 Å². The number of rotatable bonds is 5. The molecule has 2 rings (SSSR count). The predicted molar refractivity (Wildman–Crippen MR) is 65.4 cm³/mol. The summed E-state index contributed by atoms with van der Waals surface area (Å²) in [4.78, 5) is 11.4. The summed E-state index contributed by atoms with van der Waals surface area (Å²) in [6.07, 6.45) is 3.43. The first kappa shape index (κ1) is 11.7. The molecule has 7 heteroatoms. The normalized spacial score (nSPS) is 10.5. The third kappa shape index (κ3) is 2.68. The van der Waals surface area contributed by atoms with Gasteiger partial charge in [-0.3, -0.25) is 9.48 Å². The van der Waals surface area contributed by atoms with Gasteiger partial charge in [-0.1, -0.05) is 5.21 Å². The van der Waals surface area contributed by atoms with Crippen molar-refractivity contribution in [2.75, 3.05) is 11.9 Å². The molecule has 1 N–H and O–H groups in total. The number of carbonyl (C=O) groups is 1. The summed E-state index contributed by atoms with van der Waals surface area (Å²) in [6, 6.07) is 0. The minimum atomic E-state index is 0.0412. The number of carbonyl (C=O) groups excluding carboxylic acids is 1. The minimum absolute atomic E-state index is 0.0412. The molecule has 0 amide bonds. The van der Waals surface area contributed by atoms with Crippen LogP contribution in [0.2, 0.25) is 0 Å². The fourth-order valence-corrected chi connectivity index (χ4v) is 2.41. The average Bonchev–Trinajstić information content (AvgIpc) is 2.88. The standard InChI is InChI=1S/C10H13N5OS/c1-7-9(8(2)16)10(17-13-7)11-3-5-15-6-4-12-14-15/h4,6,11H,3,5H2,1-2H3. The number of nitrogens with zero attached hydrogens (tertiary/aromatic N) is 4. The van der Waals surface area contributed by atoms with Crippen LogP contribution in [0.1, 0.15) is 23.0 Å². The largest absolute Gasteiger partial charge is 0.373 e. The summed E-state index contributed by atoms with van der Waals surface area (Å²) < 4.78 is 5.91. The van der Waals surface area contributed by atoms with Crippen molar-refractivity contribution in [1.82, 2.24) is 19.4 Å². The van der Waals surface area contributed by atoms with E-state index in [0.717, 1.165) is 10.7 Å². The van der Waals surface area contributed by atoms with Crippen LogP contribution >= 0.6 is 11.5 Å². The summed E-state index contributed by atoms with van der Waals surface area (Å²) in [5, 5.41) is 11.6. The lowest BCUT2D eigenvalue weighted by molar-refractivity contribution is 0.101. The van der Waals surface area contributed by atoms with E-state index < -0.39 is 0 Å². The van der Waals surface area contributed by atoms with Crippen molar-refractivity contribution in [2.24, 2.45) is 0 Å². The second-order valence-electron chi connectivity index (χ2n) is 3.62. The molecule has 0 radical (unpaired) electrons. The number of aryl methyl sites for hydroxylation is 1. The number of nitrogens with one attached hydrogen (secondary N) is 1. The number of anilines is 1. The second kappa shape index (κ2) is 5.05. The van der Waals surface area contributed by atoms with Crippen LogP contribution < -0.4 is 5.32 Å². The Morgan fingerprint density at radius 1 is 1.59 bits per heavy atom. The first-order valence-electron chi connectivity index (χ1n) is 5.23. The van der Waals surface area contributed by atoms with Gasteiger partial charge in [0, 0.05) is 12.7 Å². The number of Topliss-reactive ketones (excluding diaryl/α,β-unsaturated/α-hetero) is 1. The third-order valence-corrected chi connectivity index (χ3v) is 3.21. The molecule has 0 aliphatic carbocycles. The van der Waals surface area contributed by atoms with E-state index in [1.807, 2.05) is 6.92 Å². The van der Waals surface area contributed by atoms with E-state index in [-0.39, 0.29) is 5.78 Å². The van der Waals surface area contributed by atoms with Gasteiger partial charge in [0.05, 0.1) is 24.0 Å². The number of ketones is 1. The highest BCUT2D eigenvalue weighted by Crippen LogP contribution is 2.24. The highest BCUT2D eigenvalue weighted by molar-refractivity contribution is 7.10. The SMILES string of the molecule is CC(=O)c1c(C)nsc1NCCn1ccnn1. The van der Waals surface area contributed by atoms with E-state index in [2.05, 4.69) is 20.0 Å². The van der Waals surface area contributed by atoms with Crippen molar-refractivity contribution < 1.29 is 4.79 Å². The lowest BCUT2D eigenvalue weighted by Crippen LogP contribution is -2.12. The molecule has 90 valence electrons. The molecule has 0 saturated carbocycles. The Bertz CT molecular complexity index is 505. The van der Waals surface area contributed by atoms with Gasteiger partial charge in [0.1, 0.15) is 5.00 Å². The van der Waals surface area contributed by atoms with Crippen LogP contribution in [0.3, 0.4) is 0 Å². The van der Waals surface area contributed by atoms with Crippen molar-refractivity contribution in [2.45, 2.75) is 20.4 Å². The molecule has 0 aromatic carbocycles. The molecule has 17 heavy (non-hydrogen) atoms. The topological polar surface area (TPSA) is 72.7 Å². The van der Waals surface area contributed by atoms with E-state index in [1.165, 1.54) is 11.5 Å². The van der Waals surface area contributed by atoms with Crippen LogP contribution in [0.15, 0.2) is 12.4 Å². The summed E-state index contributed by atoms with van der Waals surface area (Å²) in [7, 11) is 0. The van der Waals surface area contributed by atoms with Crippen LogP contribution in [0.25, 0.3) is 0 Å². The smallest absolute Gasteiger partial charge is 0.164 e. The maximum absolute atomic E-state index is 11.4. The van der Waals surface area contributed by atoms with Crippen LogP contribution in [0.5, 0.6) is 0 Å². The molecule has 0 aliphatic rings. The first-order chi connectivity index (χ1) is 8.18. The van der Waals surface area contributed by atoms with Crippen molar-refractivity contribution in [3.63, 3.8) is 0 Å². The summed E-state index contributed by atoms with van der Waals surface area (Å²) in [5.41, 5.74) is 1.47. The molecule has 0 aliphatic heterocycles. The van der Waals surface area contributed by atoms with Gasteiger partial charge in [0.2, 0.25) is 0 Å². The molecule has 0 atom stereocenters. The monoisotopic (exact) mass is 251 g/mol. The van der Waals surface area contributed by atoms with Crippen molar-refractivity contribution in [1.29, 1.82) is 0 Å². The first-order valence-corrected chi connectivity index (χ1v) is 6.01. The zero-order valence-corrected chi connectivity index (χ0v) is 10.5. The lowest BCUT2D eigenvalue weighted by atomic mass is 10.2. The Balaban J connectivity index is 1.97. The van der Waals surface area contributed by atoms with Gasteiger partial charge < -0.3 is 5.32 Å². The number of hydrogen-bond acceptors (Lipinski definition) is 6. The molecule has 0 spiro atoms. The predicted octanol–water partition coefficient (Wildman–Crippen LogP) is 1.36. The molecule has 2 aromatic heterocycles. The van der Waals surface area contributed by atoms with Gasteiger partial charge in [0.15, 0.2) is 5.78 Å². The molecular weight excluding hydrogens is 238 g/mol. The van der Waals surface area contributed by atoms with Crippen molar-refractivity contribution in [3.05, 3.63) is 23.7 Å². The lowest BCUT2D eigenvalue weighted by Gasteiger charge is -2.04. The van der Waals surface area contributed by atoms with Gasteiger partial charge >= 0.3 is 0 Å². The summed E-state index contributed by atoms with van der Waals surface area (Å²) in [6.45, 7) is 4.79. The van der Waals surface area contributed by atoms with E-state index in [0.29, 0.717) is 18.7 Å². The molecule has 0 fully saturated rings. The minimum Gasteiger partial charge on any atom is -0.373 e. The van der Waals surface area contributed by atoms with Crippen LogP contribution in [-0.4, -0.2) is 31.7 Å². The maximum Gasteiger partial charge on any atom is 0.164 e. The highest BCUT2D eigenvalue weighted by Gasteiger charge is 2.14. The summed E-state index contributed by atoms with van der Waals surface area (Å²) >= 11 is 1.31.